The fourth-order valence-electron chi connectivity index (χ4n) is 2.51. The van der Waals surface area contributed by atoms with Crippen LogP contribution in [0.5, 0.6) is 5.75 Å². The normalized spacial score (nSPS) is 11.8. The first-order chi connectivity index (χ1) is 11.7. The van der Waals surface area contributed by atoms with Crippen LogP contribution in [0.1, 0.15) is 44.3 Å². The number of carbonyl (C=O) groups is 2. The number of halogens is 1. The van der Waals surface area contributed by atoms with Crippen molar-refractivity contribution < 1.29 is 23.5 Å². The van der Waals surface area contributed by atoms with E-state index in [-0.39, 0.29) is 11.3 Å². The molecule has 1 atom stereocenters. The number of esters is 1. The van der Waals surface area contributed by atoms with E-state index in [1.165, 1.54) is 26.2 Å². The second-order valence-electron chi connectivity index (χ2n) is 6.01. The van der Waals surface area contributed by atoms with Crippen molar-refractivity contribution in [3.8, 4) is 5.75 Å². The van der Waals surface area contributed by atoms with Crippen molar-refractivity contribution in [3.63, 3.8) is 0 Å². The monoisotopic (exact) mass is 344 g/mol. The number of hydrogen-bond donors (Lipinski definition) is 0. The lowest BCUT2D eigenvalue weighted by molar-refractivity contribution is 0.0314. The molecule has 0 heterocycles. The van der Waals surface area contributed by atoms with Crippen LogP contribution in [0.3, 0.4) is 0 Å². The Hall–Kier alpha value is -2.69. The van der Waals surface area contributed by atoms with Gasteiger partial charge < -0.3 is 9.47 Å². The molecule has 0 fully saturated rings. The molecule has 2 aromatic rings. The predicted octanol–water partition coefficient (Wildman–Crippen LogP) is 4.19. The summed E-state index contributed by atoms with van der Waals surface area (Å²) in [7, 11) is 1.40. The first-order valence-electron chi connectivity index (χ1n) is 7.91. The van der Waals surface area contributed by atoms with Gasteiger partial charge >= 0.3 is 5.97 Å². The number of ether oxygens (including phenoxy) is 2. The molecule has 2 rings (SSSR count). The molecular formula is C20H21FO4. The van der Waals surface area contributed by atoms with Gasteiger partial charge in [-0.3, -0.25) is 4.79 Å². The summed E-state index contributed by atoms with van der Waals surface area (Å²) in [5.74, 6) is -1.67. The van der Waals surface area contributed by atoms with Crippen molar-refractivity contribution in [2.75, 3.05) is 7.11 Å². The third kappa shape index (κ3) is 4.05. The van der Waals surface area contributed by atoms with E-state index >= 15 is 0 Å². The first-order valence-corrected chi connectivity index (χ1v) is 7.91. The predicted molar refractivity (Wildman–Crippen MR) is 92.8 cm³/mol. The van der Waals surface area contributed by atoms with E-state index in [9.17, 15) is 14.0 Å². The van der Waals surface area contributed by atoms with Crippen LogP contribution in [0.2, 0.25) is 0 Å². The van der Waals surface area contributed by atoms with Gasteiger partial charge in [0, 0.05) is 11.6 Å². The van der Waals surface area contributed by atoms with E-state index < -0.39 is 17.9 Å². The average molecular weight is 344 g/mol. The third-order valence-corrected chi connectivity index (χ3v) is 4.16. The number of benzene rings is 2. The fraction of sp³-hybridized carbons (Fsp3) is 0.300. The van der Waals surface area contributed by atoms with Crippen molar-refractivity contribution in [1.29, 1.82) is 0 Å². The fourth-order valence-corrected chi connectivity index (χ4v) is 2.51. The van der Waals surface area contributed by atoms with Gasteiger partial charge in [0.25, 0.3) is 0 Å². The minimum Gasteiger partial charge on any atom is -0.497 e. The maximum absolute atomic E-state index is 14.0. The highest BCUT2D eigenvalue weighted by molar-refractivity contribution is 6.02. The lowest BCUT2D eigenvalue weighted by Crippen LogP contribution is -2.25. The van der Waals surface area contributed by atoms with Crippen molar-refractivity contribution in [2.45, 2.75) is 33.8 Å². The van der Waals surface area contributed by atoms with Crippen LogP contribution >= 0.6 is 0 Å². The molecule has 2 aromatic carbocycles. The molecule has 0 aliphatic carbocycles. The number of aryl methyl sites for hydroxylation is 3. The Morgan fingerprint density at radius 1 is 0.960 bits per heavy atom. The van der Waals surface area contributed by atoms with Crippen molar-refractivity contribution in [2.24, 2.45) is 0 Å². The van der Waals surface area contributed by atoms with Crippen molar-refractivity contribution in [1.82, 2.24) is 0 Å². The van der Waals surface area contributed by atoms with Gasteiger partial charge in [-0.15, -0.1) is 0 Å². The molecule has 0 unspecified atom stereocenters. The van der Waals surface area contributed by atoms with E-state index in [1.807, 2.05) is 26.8 Å². The van der Waals surface area contributed by atoms with Crippen LogP contribution in [0.25, 0.3) is 0 Å². The van der Waals surface area contributed by atoms with Crippen LogP contribution in [0.15, 0.2) is 30.3 Å². The third-order valence-electron chi connectivity index (χ3n) is 4.16. The molecule has 0 spiro atoms. The molecule has 0 radical (unpaired) electrons. The van der Waals surface area contributed by atoms with Gasteiger partial charge in [0.05, 0.1) is 12.7 Å². The van der Waals surface area contributed by atoms with E-state index in [2.05, 4.69) is 0 Å². The zero-order valence-corrected chi connectivity index (χ0v) is 15.0. The topological polar surface area (TPSA) is 52.6 Å². The van der Waals surface area contributed by atoms with Gasteiger partial charge in [-0.1, -0.05) is 6.07 Å². The van der Waals surface area contributed by atoms with Gasteiger partial charge in [-0.2, -0.15) is 0 Å². The Labute approximate surface area is 146 Å². The van der Waals surface area contributed by atoms with E-state index in [0.717, 1.165) is 22.8 Å². The SMILES string of the molecule is COc1ccc(C(=O)O[C@@H](C)C(=O)c2cc(C)c(C)cc2C)c(F)c1. The summed E-state index contributed by atoms with van der Waals surface area (Å²) >= 11 is 0. The zero-order chi connectivity index (χ0) is 18.7. The summed E-state index contributed by atoms with van der Waals surface area (Å²) in [4.78, 5) is 24.8. The van der Waals surface area contributed by atoms with Crippen molar-refractivity contribution >= 4 is 11.8 Å². The number of hydrogen-bond acceptors (Lipinski definition) is 4. The quantitative estimate of drug-likeness (QED) is 0.603. The number of carbonyl (C=O) groups excluding carboxylic acids is 2. The van der Waals surface area contributed by atoms with Gasteiger partial charge in [0.2, 0.25) is 5.78 Å². The van der Waals surface area contributed by atoms with Crippen LogP contribution in [0, 0.1) is 26.6 Å². The summed E-state index contributed by atoms with van der Waals surface area (Å²) < 4.78 is 24.0. The smallest absolute Gasteiger partial charge is 0.341 e. The second-order valence-corrected chi connectivity index (χ2v) is 6.01. The van der Waals surface area contributed by atoms with Gasteiger partial charge in [0.15, 0.2) is 6.10 Å². The molecule has 0 aliphatic rings. The van der Waals surface area contributed by atoms with Crippen molar-refractivity contribution in [3.05, 3.63) is 64.0 Å². The Kier molecular flexibility index (Phi) is 5.57. The lowest BCUT2D eigenvalue weighted by Gasteiger charge is -2.15. The summed E-state index contributed by atoms with van der Waals surface area (Å²) in [6.07, 6.45) is -1.02. The van der Waals surface area contributed by atoms with Crippen LogP contribution in [-0.4, -0.2) is 25.0 Å². The van der Waals surface area contributed by atoms with Crippen LogP contribution in [-0.2, 0) is 4.74 Å². The maximum Gasteiger partial charge on any atom is 0.341 e. The minimum absolute atomic E-state index is 0.239. The lowest BCUT2D eigenvalue weighted by atomic mass is 9.96. The molecule has 0 aromatic heterocycles. The highest BCUT2D eigenvalue weighted by Crippen LogP contribution is 2.20. The Morgan fingerprint density at radius 3 is 2.20 bits per heavy atom. The number of methoxy groups -OCH3 is 1. The van der Waals surface area contributed by atoms with Gasteiger partial charge in [-0.05, 0) is 62.6 Å². The van der Waals surface area contributed by atoms with Gasteiger partial charge in [0.1, 0.15) is 11.6 Å². The molecule has 4 nitrogen and oxygen atoms in total. The molecule has 0 amide bonds. The molecule has 5 heteroatoms. The molecule has 0 N–H and O–H groups in total. The molecule has 0 bridgehead atoms. The highest BCUT2D eigenvalue weighted by Gasteiger charge is 2.24. The largest absolute Gasteiger partial charge is 0.497 e. The summed E-state index contributed by atoms with van der Waals surface area (Å²) in [6.45, 7) is 7.19. The Bertz CT molecular complexity index is 827. The second kappa shape index (κ2) is 7.47. The van der Waals surface area contributed by atoms with E-state index in [1.54, 1.807) is 6.07 Å². The highest BCUT2D eigenvalue weighted by atomic mass is 19.1. The molecule has 132 valence electrons. The van der Waals surface area contributed by atoms with Crippen LogP contribution < -0.4 is 4.74 Å². The molecule has 25 heavy (non-hydrogen) atoms. The van der Waals surface area contributed by atoms with E-state index in [4.69, 9.17) is 9.47 Å². The molecule has 0 saturated carbocycles. The average Bonchev–Trinajstić information content (AvgIpc) is 2.57. The number of rotatable bonds is 5. The standard InChI is InChI=1S/C20H21FO4/c1-11-8-13(3)17(9-12(11)2)19(22)14(4)25-20(23)16-7-6-15(24-5)10-18(16)21/h6-10,14H,1-5H3/t14-/m0/s1. The number of Topliss-reactive ketones (excluding diaryl/α,β-unsaturated/α-hetero) is 1. The maximum atomic E-state index is 14.0. The molecule has 0 saturated heterocycles. The Morgan fingerprint density at radius 2 is 1.60 bits per heavy atom. The molecular weight excluding hydrogens is 323 g/mol. The summed E-state index contributed by atoms with van der Waals surface area (Å²) in [6, 6.07) is 7.52. The molecule has 0 aliphatic heterocycles. The van der Waals surface area contributed by atoms with E-state index in [0.29, 0.717) is 11.3 Å². The number of ketones is 1. The van der Waals surface area contributed by atoms with Gasteiger partial charge in [-0.25, -0.2) is 9.18 Å². The Balaban J connectivity index is 2.19. The minimum atomic E-state index is -1.02. The summed E-state index contributed by atoms with van der Waals surface area (Å²) in [5.41, 5.74) is 3.13. The summed E-state index contributed by atoms with van der Waals surface area (Å²) in [5, 5.41) is 0. The van der Waals surface area contributed by atoms with Crippen LogP contribution in [0.4, 0.5) is 4.39 Å². The first kappa shape index (κ1) is 18.6. The zero-order valence-electron chi connectivity index (χ0n) is 15.0.